The number of aromatic nitrogens is 2. The van der Waals surface area contributed by atoms with Crippen LogP contribution in [0.5, 0.6) is 0 Å². The van der Waals surface area contributed by atoms with Gasteiger partial charge in [0.25, 0.3) is 5.91 Å². The maximum Gasteiger partial charge on any atom is 0.291 e. The molecule has 4 rings (SSSR count). The molecule has 0 atom stereocenters. The Morgan fingerprint density at radius 1 is 1.12 bits per heavy atom. The monoisotopic (exact) mass is 478 g/mol. The van der Waals surface area contributed by atoms with Gasteiger partial charge in [-0.05, 0) is 50.2 Å². The summed E-state index contributed by atoms with van der Waals surface area (Å²) in [5.41, 5.74) is 2.01. The summed E-state index contributed by atoms with van der Waals surface area (Å²) < 4.78 is 39.4. The van der Waals surface area contributed by atoms with Gasteiger partial charge >= 0.3 is 0 Å². The lowest BCUT2D eigenvalue weighted by atomic mass is 10.3. The third-order valence-electron chi connectivity index (χ3n) is 5.20. The highest BCUT2D eigenvalue weighted by Crippen LogP contribution is 2.22. The van der Waals surface area contributed by atoms with Crippen molar-refractivity contribution in [1.29, 1.82) is 0 Å². The summed E-state index contributed by atoms with van der Waals surface area (Å²) in [7, 11) is -3.59. The number of anilines is 1. The molecule has 170 valence electrons. The van der Waals surface area contributed by atoms with E-state index in [0.717, 1.165) is 11.4 Å². The van der Waals surface area contributed by atoms with E-state index >= 15 is 0 Å². The first kappa shape index (κ1) is 22.5. The number of rotatable bonds is 6. The van der Waals surface area contributed by atoms with Crippen molar-refractivity contribution in [3.05, 3.63) is 64.3 Å². The predicted molar refractivity (Wildman–Crippen MR) is 118 cm³/mol. The molecule has 0 aliphatic carbocycles. The third kappa shape index (κ3) is 4.58. The number of aryl methyl sites for hydroxylation is 1. The van der Waals surface area contributed by atoms with Gasteiger partial charge in [0.05, 0.1) is 41.1 Å². The standard InChI is InChI=1S/C21H23ClN4O5S/c1-14-20(22)15(2)26(24-14)13-17-5-8-19(31-17)21(27)23-16-3-6-18(7-4-16)32(28,29)25-9-11-30-12-10-25/h3-8H,9-13H2,1-2H3,(H,23,27). The van der Waals surface area contributed by atoms with Crippen molar-refractivity contribution in [2.75, 3.05) is 31.6 Å². The van der Waals surface area contributed by atoms with Gasteiger partial charge in [-0.25, -0.2) is 8.42 Å². The van der Waals surface area contributed by atoms with Gasteiger partial charge in [-0.15, -0.1) is 0 Å². The second-order valence-corrected chi connectivity index (χ2v) is 9.72. The second kappa shape index (κ2) is 9.07. The topological polar surface area (TPSA) is 107 Å². The normalized spacial score (nSPS) is 15.1. The minimum Gasteiger partial charge on any atom is -0.454 e. The van der Waals surface area contributed by atoms with Gasteiger partial charge in [0, 0.05) is 18.8 Å². The number of hydrogen-bond donors (Lipinski definition) is 1. The number of nitrogens with zero attached hydrogens (tertiary/aromatic N) is 3. The molecule has 1 aromatic carbocycles. The number of furan rings is 1. The Hall–Kier alpha value is -2.66. The largest absolute Gasteiger partial charge is 0.454 e. The van der Waals surface area contributed by atoms with E-state index in [1.165, 1.54) is 16.4 Å². The van der Waals surface area contributed by atoms with Gasteiger partial charge in [-0.3, -0.25) is 9.48 Å². The van der Waals surface area contributed by atoms with Crippen molar-refractivity contribution in [2.45, 2.75) is 25.3 Å². The number of morpholine rings is 1. The molecule has 0 bridgehead atoms. The number of benzene rings is 1. The average molecular weight is 479 g/mol. The quantitative estimate of drug-likeness (QED) is 0.583. The molecule has 0 unspecified atom stereocenters. The molecule has 32 heavy (non-hydrogen) atoms. The molecule has 3 aromatic rings. The van der Waals surface area contributed by atoms with E-state index in [9.17, 15) is 13.2 Å². The lowest BCUT2D eigenvalue weighted by Gasteiger charge is -2.26. The number of ether oxygens (including phenoxy) is 1. The number of sulfonamides is 1. The zero-order valence-electron chi connectivity index (χ0n) is 17.7. The van der Waals surface area contributed by atoms with E-state index in [0.29, 0.717) is 49.3 Å². The van der Waals surface area contributed by atoms with Crippen LogP contribution in [0.25, 0.3) is 0 Å². The van der Waals surface area contributed by atoms with Crippen LogP contribution in [0.2, 0.25) is 5.02 Å². The minimum absolute atomic E-state index is 0.137. The fourth-order valence-corrected chi connectivity index (χ4v) is 4.94. The van der Waals surface area contributed by atoms with Crippen LogP contribution in [-0.4, -0.2) is 54.7 Å². The molecule has 9 nitrogen and oxygen atoms in total. The number of amides is 1. The lowest BCUT2D eigenvalue weighted by molar-refractivity contribution is 0.0730. The Balaban J connectivity index is 1.41. The molecule has 1 saturated heterocycles. The van der Waals surface area contributed by atoms with Crippen LogP contribution in [0.4, 0.5) is 5.69 Å². The van der Waals surface area contributed by atoms with Gasteiger partial charge < -0.3 is 14.5 Å². The van der Waals surface area contributed by atoms with E-state index in [1.807, 2.05) is 13.8 Å². The summed E-state index contributed by atoms with van der Waals surface area (Å²) in [5.74, 6) is 0.258. The van der Waals surface area contributed by atoms with Crippen molar-refractivity contribution >= 4 is 33.2 Å². The number of carbonyl (C=O) groups is 1. The highest BCUT2D eigenvalue weighted by atomic mass is 35.5. The number of hydrogen-bond acceptors (Lipinski definition) is 6. The zero-order valence-corrected chi connectivity index (χ0v) is 19.2. The highest BCUT2D eigenvalue weighted by molar-refractivity contribution is 7.89. The van der Waals surface area contributed by atoms with Crippen molar-refractivity contribution in [1.82, 2.24) is 14.1 Å². The fraction of sp³-hybridized carbons (Fsp3) is 0.333. The first-order valence-electron chi connectivity index (χ1n) is 10.0. The van der Waals surface area contributed by atoms with Gasteiger partial charge in [0.2, 0.25) is 10.0 Å². The Bertz CT molecular complexity index is 1230. The molecule has 11 heteroatoms. The van der Waals surface area contributed by atoms with Gasteiger partial charge in [0.15, 0.2) is 5.76 Å². The summed E-state index contributed by atoms with van der Waals surface area (Å²) in [6.45, 7) is 5.44. The van der Waals surface area contributed by atoms with Crippen molar-refractivity contribution in [2.24, 2.45) is 0 Å². The van der Waals surface area contributed by atoms with E-state index in [1.54, 1.807) is 28.9 Å². The van der Waals surface area contributed by atoms with Crippen LogP contribution in [0.3, 0.4) is 0 Å². The molecule has 3 heterocycles. The van der Waals surface area contributed by atoms with Crippen LogP contribution >= 0.6 is 11.6 Å². The summed E-state index contributed by atoms with van der Waals surface area (Å²) in [5, 5.41) is 7.67. The molecule has 0 radical (unpaired) electrons. The molecule has 2 aromatic heterocycles. The van der Waals surface area contributed by atoms with Crippen molar-refractivity contribution in [3.8, 4) is 0 Å². The Labute approximate surface area is 191 Å². The first-order chi connectivity index (χ1) is 15.3. The minimum atomic E-state index is -3.59. The fourth-order valence-electron chi connectivity index (χ4n) is 3.40. The van der Waals surface area contributed by atoms with Crippen molar-refractivity contribution < 1.29 is 22.4 Å². The Morgan fingerprint density at radius 3 is 2.44 bits per heavy atom. The predicted octanol–water partition coefficient (Wildman–Crippen LogP) is 3.07. The summed E-state index contributed by atoms with van der Waals surface area (Å²) in [4.78, 5) is 12.7. The molecule has 1 aliphatic rings. The third-order valence-corrected chi connectivity index (χ3v) is 7.66. The van der Waals surface area contributed by atoms with Crippen LogP contribution in [0.15, 0.2) is 45.7 Å². The number of halogens is 1. The first-order valence-corrected chi connectivity index (χ1v) is 11.8. The second-order valence-electron chi connectivity index (χ2n) is 7.40. The number of carbonyl (C=O) groups excluding carboxylic acids is 1. The molecule has 1 fully saturated rings. The van der Waals surface area contributed by atoms with Gasteiger partial charge in [-0.1, -0.05) is 11.6 Å². The number of nitrogens with one attached hydrogen (secondary N) is 1. The maximum atomic E-state index is 12.7. The van der Waals surface area contributed by atoms with Crippen LogP contribution in [0, 0.1) is 13.8 Å². The maximum absolute atomic E-state index is 12.7. The summed E-state index contributed by atoms with van der Waals surface area (Å²) in [6.07, 6.45) is 0. The molecule has 1 amide bonds. The van der Waals surface area contributed by atoms with Gasteiger partial charge in [0.1, 0.15) is 5.76 Å². The highest BCUT2D eigenvalue weighted by Gasteiger charge is 2.26. The summed E-state index contributed by atoms with van der Waals surface area (Å²) >= 11 is 6.17. The van der Waals surface area contributed by atoms with E-state index in [4.69, 9.17) is 20.8 Å². The lowest BCUT2D eigenvalue weighted by Crippen LogP contribution is -2.40. The Kier molecular flexibility index (Phi) is 6.38. The summed E-state index contributed by atoms with van der Waals surface area (Å²) in [6, 6.07) is 9.33. The Morgan fingerprint density at radius 2 is 1.81 bits per heavy atom. The molecule has 1 aliphatic heterocycles. The smallest absolute Gasteiger partial charge is 0.291 e. The molecule has 0 saturated carbocycles. The van der Waals surface area contributed by atoms with E-state index in [-0.39, 0.29) is 10.7 Å². The molecule has 0 spiro atoms. The van der Waals surface area contributed by atoms with E-state index in [2.05, 4.69) is 10.4 Å². The SMILES string of the molecule is Cc1nn(Cc2ccc(C(=O)Nc3ccc(S(=O)(=O)N4CCOCC4)cc3)o2)c(C)c1Cl. The van der Waals surface area contributed by atoms with Crippen molar-refractivity contribution in [3.63, 3.8) is 0 Å². The molecular formula is C21H23ClN4O5S. The van der Waals surface area contributed by atoms with Crippen LogP contribution < -0.4 is 5.32 Å². The van der Waals surface area contributed by atoms with Gasteiger partial charge in [-0.2, -0.15) is 9.40 Å². The van der Waals surface area contributed by atoms with Crippen LogP contribution in [0.1, 0.15) is 27.7 Å². The van der Waals surface area contributed by atoms with Crippen LogP contribution in [-0.2, 0) is 21.3 Å². The average Bonchev–Trinajstić information content (AvgIpc) is 3.35. The molecular weight excluding hydrogens is 456 g/mol. The zero-order chi connectivity index (χ0) is 22.9. The van der Waals surface area contributed by atoms with E-state index < -0.39 is 15.9 Å². The molecule has 1 N–H and O–H groups in total.